The predicted molar refractivity (Wildman–Crippen MR) is 88.4 cm³/mol. The van der Waals surface area contributed by atoms with E-state index in [9.17, 15) is 14.7 Å². The first-order valence-corrected chi connectivity index (χ1v) is 7.70. The van der Waals surface area contributed by atoms with Crippen LogP contribution in [0.4, 0.5) is 0 Å². The van der Waals surface area contributed by atoms with Crippen molar-refractivity contribution in [3.05, 3.63) is 48.0 Å². The molecule has 1 amide bonds. The number of rotatable bonds is 5. The van der Waals surface area contributed by atoms with Crippen LogP contribution in [0.2, 0.25) is 0 Å². The number of hydrogen-bond donors (Lipinski definition) is 1. The summed E-state index contributed by atoms with van der Waals surface area (Å²) in [5.74, 6) is -1.58. The van der Waals surface area contributed by atoms with Gasteiger partial charge in [0.15, 0.2) is 0 Å². The van der Waals surface area contributed by atoms with Crippen LogP contribution in [0, 0.1) is 0 Å². The van der Waals surface area contributed by atoms with Gasteiger partial charge in [-0.2, -0.15) is 0 Å². The Bertz CT molecular complexity index is 719. The third-order valence-corrected chi connectivity index (χ3v) is 3.65. The Kier molecular flexibility index (Phi) is 5.02. The minimum Gasteiger partial charge on any atom is -0.480 e. The summed E-state index contributed by atoms with van der Waals surface area (Å²) < 4.78 is 1.59. The fourth-order valence-corrected chi connectivity index (χ4v) is 2.11. The second kappa shape index (κ2) is 6.82. The van der Waals surface area contributed by atoms with Gasteiger partial charge in [0, 0.05) is 6.54 Å². The van der Waals surface area contributed by atoms with Crippen molar-refractivity contribution in [1.82, 2.24) is 19.7 Å². The van der Waals surface area contributed by atoms with Crippen LogP contribution in [0.5, 0.6) is 0 Å². The van der Waals surface area contributed by atoms with Gasteiger partial charge in [-0.3, -0.25) is 4.79 Å². The fourth-order valence-electron chi connectivity index (χ4n) is 2.11. The van der Waals surface area contributed by atoms with E-state index >= 15 is 0 Å². The Labute approximate surface area is 140 Å². The first-order valence-electron chi connectivity index (χ1n) is 7.70. The topological polar surface area (TPSA) is 88.3 Å². The quantitative estimate of drug-likeness (QED) is 0.907. The van der Waals surface area contributed by atoms with Crippen LogP contribution in [0.15, 0.2) is 36.7 Å². The van der Waals surface area contributed by atoms with Crippen molar-refractivity contribution >= 4 is 11.9 Å². The molecule has 0 fully saturated rings. The minimum absolute atomic E-state index is 0.00560. The lowest BCUT2D eigenvalue weighted by molar-refractivity contribution is -0.141. The molecule has 7 heteroatoms. The van der Waals surface area contributed by atoms with Crippen molar-refractivity contribution < 1.29 is 14.7 Å². The molecule has 24 heavy (non-hydrogen) atoms. The Hall–Kier alpha value is -2.70. The number of carbonyl (C=O) groups excluding carboxylic acids is 1. The maximum Gasteiger partial charge on any atom is 0.326 e. The molecule has 0 saturated carbocycles. The highest BCUT2D eigenvalue weighted by molar-refractivity contribution is 5.93. The zero-order valence-electron chi connectivity index (χ0n) is 14.3. The molecule has 1 atom stereocenters. The van der Waals surface area contributed by atoms with E-state index in [4.69, 9.17) is 0 Å². The van der Waals surface area contributed by atoms with Crippen LogP contribution in [0.25, 0.3) is 0 Å². The number of benzene rings is 1. The number of aliphatic carboxylic acids is 1. The second-order valence-corrected chi connectivity index (χ2v) is 6.62. The summed E-state index contributed by atoms with van der Waals surface area (Å²) in [7, 11) is 0. The van der Waals surface area contributed by atoms with Gasteiger partial charge >= 0.3 is 5.97 Å². The smallest absolute Gasteiger partial charge is 0.326 e. The number of carbonyl (C=O) groups is 2. The Morgan fingerprint density at radius 3 is 2.38 bits per heavy atom. The van der Waals surface area contributed by atoms with E-state index in [1.165, 1.54) is 18.2 Å². The monoisotopic (exact) mass is 330 g/mol. The van der Waals surface area contributed by atoms with E-state index < -0.39 is 17.9 Å². The molecule has 128 valence electrons. The van der Waals surface area contributed by atoms with Crippen molar-refractivity contribution in [3.8, 4) is 0 Å². The second-order valence-electron chi connectivity index (χ2n) is 6.62. The van der Waals surface area contributed by atoms with E-state index in [1.807, 2.05) is 51.1 Å². The van der Waals surface area contributed by atoms with E-state index in [2.05, 4.69) is 10.1 Å². The van der Waals surface area contributed by atoms with Crippen LogP contribution in [0.1, 0.15) is 43.9 Å². The normalized spacial score (nSPS) is 12.7. The lowest BCUT2D eigenvalue weighted by Gasteiger charge is -2.25. The van der Waals surface area contributed by atoms with Gasteiger partial charge in [-0.25, -0.2) is 14.5 Å². The minimum atomic E-state index is -1.07. The summed E-state index contributed by atoms with van der Waals surface area (Å²) in [6.45, 7) is 7.48. The van der Waals surface area contributed by atoms with Gasteiger partial charge < -0.3 is 10.0 Å². The summed E-state index contributed by atoms with van der Waals surface area (Å²) in [5, 5.41) is 13.5. The summed E-state index contributed by atoms with van der Waals surface area (Å²) in [4.78, 5) is 29.5. The number of carboxylic acid groups (broad SMARTS) is 1. The van der Waals surface area contributed by atoms with E-state index in [0.29, 0.717) is 0 Å². The highest BCUT2D eigenvalue weighted by Gasteiger charge is 2.29. The Morgan fingerprint density at radius 2 is 1.88 bits per heavy atom. The molecule has 0 aliphatic heterocycles. The van der Waals surface area contributed by atoms with E-state index in [1.54, 1.807) is 4.68 Å². The van der Waals surface area contributed by atoms with Gasteiger partial charge in [0.2, 0.25) is 5.82 Å². The van der Waals surface area contributed by atoms with Crippen LogP contribution < -0.4 is 0 Å². The lowest BCUT2D eigenvalue weighted by atomic mass is 10.1. The van der Waals surface area contributed by atoms with Gasteiger partial charge in [-0.1, -0.05) is 30.3 Å². The molecule has 0 aliphatic rings. The largest absolute Gasteiger partial charge is 0.480 e. The molecule has 0 bridgehead atoms. The van der Waals surface area contributed by atoms with Crippen molar-refractivity contribution in [2.24, 2.45) is 0 Å². The highest BCUT2D eigenvalue weighted by Crippen LogP contribution is 2.15. The maximum absolute atomic E-state index is 12.8. The van der Waals surface area contributed by atoms with Crippen molar-refractivity contribution in [2.45, 2.75) is 45.8 Å². The zero-order chi connectivity index (χ0) is 17.9. The van der Waals surface area contributed by atoms with Gasteiger partial charge in [0.05, 0.1) is 5.54 Å². The standard InChI is InChI=1S/C17H22N4O3/c1-12(16(23)24)20(10-13-8-6-5-7-9-13)15(22)14-18-11-21(19-14)17(2,3)4/h5-9,11-12H,10H2,1-4H3,(H,23,24). The summed E-state index contributed by atoms with van der Waals surface area (Å²) >= 11 is 0. The summed E-state index contributed by atoms with van der Waals surface area (Å²) in [6, 6.07) is 8.25. The number of nitrogens with zero attached hydrogens (tertiary/aromatic N) is 4. The van der Waals surface area contributed by atoms with Gasteiger partial charge in [0.25, 0.3) is 5.91 Å². The number of hydrogen-bond acceptors (Lipinski definition) is 4. The number of amides is 1. The highest BCUT2D eigenvalue weighted by atomic mass is 16.4. The van der Waals surface area contributed by atoms with Crippen molar-refractivity contribution in [2.75, 3.05) is 0 Å². The molecule has 0 radical (unpaired) electrons. The van der Waals surface area contributed by atoms with Gasteiger partial charge in [0.1, 0.15) is 12.4 Å². The third-order valence-electron chi connectivity index (χ3n) is 3.65. The molecule has 7 nitrogen and oxygen atoms in total. The molecule has 1 aromatic heterocycles. The third kappa shape index (κ3) is 3.98. The van der Waals surface area contributed by atoms with Gasteiger partial charge in [-0.15, -0.1) is 5.10 Å². The zero-order valence-corrected chi connectivity index (χ0v) is 14.3. The lowest BCUT2D eigenvalue weighted by Crippen LogP contribution is -2.43. The Morgan fingerprint density at radius 1 is 1.25 bits per heavy atom. The summed E-state index contributed by atoms with van der Waals surface area (Å²) in [5.41, 5.74) is 0.531. The molecular weight excluding hydrogens is 308 g/mol. The molecular formula is C17H22N4O3. The first-order chi connectivity index (χ1) is 11.2. The molecule has 1 unspecified atom stereocenters. The molecule has 0 aliphatic carbocycles. The SMILES string of the molecule is CC(C(=O)O)N(Cc1ccccc1)C(=O)c1ncn(C(C)(C)C)n1. The molecule has 2 rings (SSSR count). The molecule has 2 aromatic rings. The fraction of sp³-hybridized carbons (Fsp3) is 0.412. The molecule has 1 N–H and O–H groups in total. The molecule has 0 spiro atoms. The van der Waals surface area contributed by atoms with Crippen LogP contribution in [-0.2, 0) is 16.9 Å². The average Bonchev–Trinajstić information content (AvgIpc) is 3.02. The Balaban J connectivity index is 2.30. The first kappa shape index (κ1) is 17.7. The molecule has 0 saturated heterocycles. The maximum atomic E-state index is 12.8. The van der Waals surface area contributed by atoms with Gasteiger partial charge in [-0.05, 0) is 33.3 Å². The van der Waals surface area contributed by atoms with Crippen LogP contribution >= 0.6 is 0 Å². The predicted octanol–water partition coefficient (Wildman–Crippen LogP) is 2.15. The average molecular weight is 330 g/mol. The number of carboxylic acids is 1. The number of aromatic nitrogens is 3. The van der Waals surface area contributed by atoms with Crippen LogP contribution in [0.3, 0.4) is 0 Å². The molecule has 1 heterocycles. The van der Waals surface area contributed by atoms with E-state index in [-0.39, 0.29) is 17.9 Å². The molecule has 1 aromatic carbocycles. The van der Waals surface area contributed by atoms with Crippen LogP contribution in [-0.4, -0.2) is 42.7 Å². The van der Waals surface area contributed by atoms with Crippen molar-refractivity contribution in [3.63, 3.8) is 0 Å². The van der Waals surface area contributed by atoms with Crippen molar-refractivity contribution in [1.29, 1.82) is 0 Å². The summed E-state index contributed by atoms with van der Waals surface area (Å²) in [6.07, 6.45) is 1.49. The van der Waals surface area contributed by atoms with E-state index in [0.717, 1.165) is 5.56 Å².